The highest BCUT2D eigenvalue weighted by Gasteiger charge is 2.27. The molecule has 7 nitrogen and oxygen atoms in total. The molecule has 34 heavy (non-hydrogen) atoms. The summed E-state index contributed by atoms with van der Waals surface area (Å²) in [6.07, 6.45) is 3.71. The topological polar surface area (TPSA) is 61.8 Å². The maximum Gasteiger partial charge on any atom is 0.258 e. The zero-order valence-electron chi connectivity index (χ0n) is 20.1. The lowest BCUT2D eigenvalue weighted by Crippen LogP contribution is -2.49. The summed E-state index contributed by atoms with van der Waals surface area (Å²) in [7, 11) is 0. The molecule has 2 aliphatic rings. The molecule has 1 unspecified atom stereocenters. The number of hydrogen-bond acceptors (Lipinski definition) is 6. The van der Waals surface area contributed by atoms with Crippen LogP contribution in [0.5, 0.6) is 5.75 Å². The molecule has 0 N–H and O–H groups in total. The van der Waals surface area contributed by atoms with E-state index in [9.17, 15) is 4.79 Å². The van der Waals surface area contributed by atoms with Gasteiger partial charge < -0.3 is 19.4 Å². The minimum Gasteiger partial charge on any atom is -0.493 e. The third-order valence-electron chi connectivity index (χ3n) is 7.03. The number of piperazine rings is 1. The van der Waals surface area contributed by atoms with Crippen molar-refractivity contribution in [3.05, 3.63) is 54.1 Å². The molecule has 2 fully saturated rings. The molecule has 178 valence electrons. The van der Waals surface area contributed by atoms with Gasteiger partial charge in [0, 0.05) is 38.8 Å². The number of ether oxygens (including phenoxy) is 1. The molecule has 0 radical (unpaired) electrons. The van der Waals surface area contributed by atoms with Crippen molar-refractivity contribution in [3.8, 4) is 5.75 Å². The fourth-order valence-corrected chi connectivity index (χ4v) is 5.12. The summed E-state index contributed by atoms with van der Waals surface area (Å²) < 4.78 is 5.84. The minimum absolute atomic E-state index is 0.0282. The Bertz CT molecular complexity index is 1140. The average Bonchev–Trinajstić information content (AvgIpc) is 2.89. The lowest BCUT2D eigenvalue weighted by molar-refractivity contribution is 0.0744. The summed E-state index contributed by atoms with van der Waals surface area (Å²) in [5.41, 5.74) is 0.660. The molecule has 5 rings (SSSR count). The molecular formula is C27H33N5O2. The summed E-state index contributed by atoms with van der Waals surface area (Å²) >= 11 is 0. The van der Waals surface area contributed by atoms with E-state index in [-0.39, 0.29) is 5.91 Å². The van der Waals surface area contributed by atoms with Crippen LogP contribution in [0.2, 0.25) is 0 Å². The first-order valence-electron chi connectivity index (χ1n) is 12.4. The van der Waals surface area contributed by atoms with Crippen LogP contribution in [0.15, 0.2) is 48.5 Å². The molecule has 1 amide bonds. The number of anilines is 2. The van der Waals surface area contributed by atoms with E-state index in [1.807, 2.05) is 48.2 Å². The number of rotatable bonds is 5. The fourth-order valence-electron chi connectivity index (χ4n) is 5.12. The lowest BCUT2D eigenvalue weighted by Gasteiger charge is -2.36. The van der Waals surface area contributed by atoms with Crippen LogP contribution >= 0.6 is 0 Å². The second-order valence-electron chi connectivity index (χ2n) is 9.16. The van der Waals surface area contributed by atoms with Crippen molar-refractivity contribution in [2.75, 3.05) is 49.1 Å². The monoisotopic (exact) mass is 459 g/mol. The number of benzene rings is 2. The fraction of sp³-hybridized carbons (Fsp3) is 0.444. The van der Waals surface area contributed by atoms with Crippen molar-refractivity contribution >= 4 is 28.3 Å². The molecule has 2 aromatic carbocycles. The molecular weight excluding hydrogens is 426 g/mol. The van der Waals surface area contributed by atoms with Gasteiger partial charge in [-0.05, 0) is 62.1 Å². The Labute approximate surface area is 201 Å². The first kappa shape index (κ1) is 22.4. The van der Waals surface area contributed by atoms with E-state index in [2.05, 4.69) is 39.1 Å². The molecule has 7 heteroatoms. The normalized spacial score (nSPS) is 18.9. The maximum atomic E-state index is 13.6. The third kappa shape index (κ3) is 4.39. The van der Waals surface area contributed by atoms with Crippen LogP contribution in [0, 0.1) is 0 Å². The lowest BCUT2D eigenvalue weighted by atomic mass is 10.0. The van der Waals surface area contributed by atoms with Gasteiger partial charge in [0.15, 0.2) is 11.6 Å². The molecule has 0 bridgehead atoms. The number of fused-ring (bicyclic) bond motifs is 1. The highest BCUT2D eigenvalue weighted by atomic mass is 16.5. The van der Waals surface area contributed by atoms with Gasteiger partial charge in [0.05, 0.1) is 12.2 Å². The van der Waals surface area contributed by atoms with Gasteiger partial charge >= 0.3 is 0 Å². The van der Waals surface area contributed by atoms with Gasteiger partial charge in [-0.3, -0.25) is 4.79 Å². The average molecular weight is 460 g/mol. The van der Waals surface area contributed by atoms with Crippen molar-refractivity contribution in [2.24, 2.45) is 0 Å². The van der Waals surface area contributed by atoms with E-state index in [0.717, 1.165) is 42.0 Å². The number of carbonyl (C=O) groups is 1. The molecule has 3 heterocycles. The van der Waals surface area contributed by atoms with Gasteiger partial charge in [0.25, 0.3) is 5.91 Å². The van der Waals surface area contributed by atoms with Crippen molar-refractivity contribution in [3.63, 3.8) is 0 Å². The Kier molecular flexibility index (Phi) is 6.52. The highest BCUT2D eigenvalue weighted by molar-refractivity contribution is 6.09. The van der Waals surface area contributed by atoms with E-state index in [1.165, 1.54) is 19.3 Å². The smallest absolute Gasteiger partial charge is 0.258 e. The number of hydrogen-bond donors (Lipinski definition) is 0. The minimum atomic E-state index is 0.0282. The van der Waals surface area contributed by atoms with Crippen molar-refractivity contribution in [1.29, 1.82) is 0 Å². The highest BCUT2D eigenvalue weighted by Crippen LogP contribution is 2.30. The van der Waals surface area contributed by atoms with Crippen LogP contribution in [0.4, 0.5) is 11.6 Å². The Balaban J connectivity index is 1.28. The molecule has 1 aromatic heterocycles. The molecule has 0 saturated carbocycles. The number of nitrogens with zero attached hydrogens (tertiary/aromatic N) is 5. The molecule has 2 aliphatic heterocycles. The van der Waals surface area contributed by atoms with E-state index in [4.69, 9.17) is 4.74 Å². The third-order valence-corrected chi connectivity index (χ3v) is 7.03. The number of carbonyl (C=O) groups excluding carboxylic acids is 1. The first-order valence-corrected chi connectivity index (χ1v) is 12.4. The van der Waals surface area contributed by atoms with Gasteiger partial charge in [-0.1, -0.05) is 30.3 Å². The molecule has 3 aromatic rings. The number of aromatic nitrogens is 2. The predicted molar refractivity (Wildman–Crippen MR) is 136 cm³/mol. The summed E-state index contributed by atoms with van der Waals surface area (Å²) in [5, 5.41) is 11.1. The predicted octanol–water partition coefficient (Wildman–Crippen LogP) is 4.37. The molecule has 2 saturated heterocycles. The Morgan fingerprint density at radius 3 is 2.44 bits per heavy atom. The SMILES string of the molecule is CCOc1ccc2ccccc2c1C(=O)N1CCN(c2ccc(N3CCCCC3C)nn2)CC1. The van der Waals surface area contributed by atoms with Crippen LogP contribution in [-0.4, -0.2) is 66.4 Å². The summed E-state index contributed by atoms with van der Waals surface area (Å²) in [6, 6.07) is 16.6. The molecule has 1 atom stereocenters. The summed E-state index contributed by atoms with van der Waals surface area (Å²) in [5.74, 6) is 2.52. The van der Waals surface area contributed by atoms with Crippen molar-refractivity contribution < 1.29 is 9.53 Å². The zero-order chi connectivity index (χ0) is 23.5. The van der Waals surface area contributed by atoms with Crippen LogP contribution in [-0.2, 0) is 0 Å². The van der Waals surface area contributed by atoms with E-state index >= 15 is 0 Å². The van der Waals surface area contributed by atoms with Crippen LogP contribution in [0.25, 0.3) is 10.8 Å². The van der Waals surface area contributed by atoms with E-state index < -0.39 is 0 Å². The van der Waals surface area contributed by atoms with Crippen LogP contribution in [0.1, 0.15) is 43.5 Å². The van der Waals surface area contributed by atoms with Crippen LogP contribution < -0.4 is 14.5 Å². The van der Waals surface area contributed by atoms with Crippen LogP contribution in [0.3, 0.4) is 0 Å². The Morgan fingerprint density at radius 2 is 1.71 bits per heavy atom. The van der Waals surface area contributed by atoms with Gasteiger partial charge in [-0.25, -0.2) is 0 Å². The number of piperidine rings is 1. The van der Waals surface area contributed by atoms with Gasteiger partial charge in [-0.15, -0.1) is 10.2 Å². The summed E-state index contributed by atoms with van der Waals surface area (Å²) in [4.78, 5) is 20.1. The zero-order valence-corrected chi connectivity index (χ0v) is 20.1. The van der Waals surface area contributed by atoms with Gasteiger partial charge in [0.2, 0.25) is 0 Å². The molecule has 0 spiro atoms. The Morgan fingerprint density at radius 1 is 0.941 bits per heavy atom. The quantitative estimate of drug-likeness (QED) is 0.565. The first-order chi connectivity index (χ1) is 16.7. The number of amides is 1. The summed E-state index contributed by atoms with van der Waals surface area (Å²) in [6.45, 7) is 8.52. The standard InChI is InChI=1S/C27H33N5O2/c1-3-34-23-12-11-21-9-4-5-10-22(21)26(23)27(33)31-18-16-30(17-19-31)24-13-14-25(29-28-24)32-15-7-6-8-20(32)2/h4-5,9-14,20H,3,6-8,15-19H2,1-2H3. The maximum absolute atomic E-state index is 13.6. The van der Waals surface area contributed by atoms with E-state index in [0.29, 0.717) is 37.1 Å². The van der Waals surface area contributed by atoms with E-state index in [1.54, 1.807) is 0 Å². The second kappa shape index (κ2) is 9.87. The second-order valence-corrected chi connectivity index (χ2v) is 9.16. The van der Waals surface area contributed by atoms with Crippen molar-refractivity contribution in [2.45, 2.75) is 39.2 Å². The van der Waals surface area contributed by atoms with Crippen molar-refractivity contribution in [1.82, 2.24) is 15.1 Å². The molecule has 0 aliphatic carbocycles. The van der Waals surface area contributed by atoms with Gasteiger partial charge in [-0.2, -0.15) is 0 Å². The van der Waals surface area contributed by atoms with Gasteiger partial charge in [0.1, 0.15) is 5.75 Å². The largest absolute Gasteiger partial charge is 0.493 e. The Hall–Kier alpha value is -3.35.